The largest absolute Gasteiger partial charge is 0.350 e. The molecule has 54 heavy (non-hydrogen) atoms. The average Bonchev–Trinajstić information content (AvgIpc) is 3.26. The summed E-state index contributed by atoms with van der Waals surface area (Å²) in [6.07, 6.45) is 10.9. The maximum Gasteiger partial charge on any atom is 0.131 e. The third-order valence-electron chi connectivity index (χ3n) is 11.6. The van der Waals surface area contributed by atoms with Crippen molar-refractivity contribution in [3.8, 4) is 22.3 Å². The van der Waals surface area contributed by atoms with Crippen LogP contribution in [0.4, 0.5) is 0 Å². The number of fused-ring (bicyclic) bond motifs is 3. The van der Waals surface area contributed by atoms with Gasteiger partial charge in [0.1, 0.15) is 18.2 Å². The molecule has 2 aliphatic carbocycles. The van der Waals surface area contributed by atoms with E-state index in [-0.39, 0.29) is 12.3 Å². The van der Waals surface area contributed by atoms with E-state index in [0.717, 1.165) is 17.0 Å². The van der Waals surface area contributed by atoms with Crippen molar-refractivity contribution in [2.75, 3.05) is 0 Å². The second kappa shape index (κ2) is 14.0. The quantitative estimate of drug-likeness (QED) is 0.182. The Bertz CT molecular complexity index is 2630. The van der Waals surface area contributed by atoms with Gasteiger partial charge in [-0.1, -0.05) is 145 Å². The Morgan fingerprint density at radius 2 is 1.28 bits per heavy atom. The molecule has 4 atom stereocenters. The molecule has 0 amide bonds. The molecule has 7 aromatic rings. The molecular weight excluding hydrogens is 657 g/mol. The second-order valence-corrected chi connectivity index (χ2v) is 15.0. The predicted molar refractivity (Wildman–Crippen MR) is 222 cm³/mol. The molecule has 6 aromatic carbocycles. The van der Waals surface area contributed by atoms with E-state index in [9.17, 15) is 0 Å². The molecule has 1 aliphatic heterocycles. The van der Waals surface area contributed by atoms with Crippen LogP contribution in [0.5, 0.6) is 0 Å². The summed E-state index contributed by atoms with van der Waals surface area (Å²) in [6, 6.07) is 55.2. The van der Waals surface area contributed by atoms with Gasteiger partial charge in [-0.2, -0.15) is 0 Å². The highest BCUT2D eigenvalue weighted by Crippen LogP contribution is 2.44. The number of aliphatic imine (C=N–C) groups is 1. The first-order valence-corrected chi connectivity index (χ1v) is 19.3. The zero-order chi connectivity index (χ0) is 35.8. The number of rotatable bonds is 6. The maximum atomic E-state index is 5.40. The lowest BCUT2D eigenvalue weighted by Crippen LogP contribution is -2.45. The molecule has 0 radical (unpaired) electrons. The summed E-state index contributed by atoms with van der Waals surface area (Å²) in [7, 11) is 0. The Labute approximate surface area is 316 Å². The van der Waals surface area contributed by atoms with Crippen LogP contribution < -0.4 is 21.1 Å². The lowest BCUT2D eigenvalue weighted by atomic mass is 9.70. The van der Waals surface area contributed by atoms with Gasteiger partial charge in [-0.05, 0) is 104 Å². The molecule has 2 heterocycles. The number of pyridine rings is 1. The first kappa shape index (κ1) is 32.5. The summed E-state index contributed by atoms with van der Waals surface area (Å²) in [5.41, 5.74) is 11.2. The SMILES string of the molecule is C1=c2ccccc2=C2CCCCC2C1c1cc(-c2ccc3cc(-c4cccnc4)ccc3c2)cc(C2N=C(c3ccccc3)NC(c3ccccc3)N2)c1. The van der Waals surface area contributed by atoms with Crippen LogP contribution in [0.1, 0.15) is 66.2 Å². The fourth-order valence-corrected chi connectivity index (χ4v) is 8.96. The molecule has 2 N–H and O–H groups in total. The Hall–Kier alpha value is -6.10. The first-order chi connectivity index (χ1) is 26.7. The second-order valence-electron chi connectivity index (χ2n) is 15.0. The van der Waals surface area contributed by atoms with Gasteiger partial charge >= 0.3 is 0 Å². The molecule has 0 bridgehead atoms. The van der Waals surface area contributed by atoms with E-state index in [4.69, 9.17) is 4.99 Å². The highest BCUT2D eigenvalue weighted by Gasteiger charge is 2.32. The molecule has 1 fully saturated rings. The van der Waals surface area contributed by atoms with E-state index < -0.39 is 0 Å². The normalized spacial score (nSPS) is 20.6. The van der Waals surface area contributed by atoms with Crippen molar-refractivity contribution in [1.82, 2.24) is 15.6 Å². The Morgan fingerprint density at radius 1 is 0.556 bits per heavy atom. The molecule has 1 aromatic heterocycles. The minimum Gasteiger partial charge on any atom is -0.350 e. The summed E-state index contributed by atoms with van der Waals surface area (Å²) in [6.45, 7) is 0. The number of benzene rings is 6. The van der Waals surface area contributed by atoms with Crippen molar-refractivity contribution in [2.24, 2.45) is 10.9 Å². The van der Waals surface area contributed by atoms with Gasteiger partial charge in [0.25, 0.3) is 0 Å². The summed E-state index contributed by atoms with van der Waals surface area (Å²) in [5.74, 6) is 1.69. The Morgan fingerprint density at radius 3 is 2.07 bits per heavy atom. The minimum absolute atomic E-state index is 0.0999. The molecule has 4 heteroatoms. The van der Waals surface area contributed by atoms with E-state index in [0.29, 0.717) is 11.8 Å². The molecular formula is C50H42N4. The van der Waals surface area contributed by atoms with Crippen LogP contribution >= 0.6 is 0 Å². The van der Waals surface area contributed by atoms with Gasteiger partial charge in [0.15, 0.2) is 0 Å². The highest BCUT2D eigenvalue weighted by molar-refractivity contribution is 5.99. The zero-order valence-corrected chi connectivity index (χ0v) is 30.2. The van der Waals surface area contributed by atoms with Gasteiger partial charge in [0, 0.05) is 29.4 Å². The van der Waals surface area contributed by atoms with Gasteiger partial charge in [0.05, 0.1) is 0 Å². The summed E-state index contributed by atoms with van der Waals surface area (Å²) < 4.78 is 0. The van der Waals surface area contributed by atoms with Crippen molar-refractivity contribution >= 4 is 28.3 Å². The fourth-order valence-electron chi connectivity index (χ4n) is 8.96. The Kier molecular flexibility index (Phi) is 8.46. The number of nitrogens with zero attached hydrogens (tertiary/aromatic N) is 2. The van der Waals surface area contributed by atoms with Gasteiger partial charge in [0.2, 0.25) is 0 Å². The van der Waals surface area contributed by atoms with Crippen LogP contribution in [0.25, 0.3) is 44.7 Å². The summed E-state index contributed by atoms with van der Waals surface area (Å²) >= 11 is 0. The van der Waals surface area contributed by atoms with Crippen LogP contribution in [-0.2, 0) is 0 Å². The van der Waals surface area contributed by atoms with Crippen LogP contribution in [0.15, 0.2) is 169 Å². The lowest BCUT2D eigenvalue weighted by Gasteiger charge is -2.35. The number of amidine groups is 1. The molecule has 4 nitrogen and oxygen atoms in total. The smallest absolute Gasteiger partial charge is 0.131 e. The molecule has 0 saturated heterocycles. The summed E-state index contributed by atoms with van der Waals surface area (Å²) in [4.78, 5) is 9.75. The minimum atomic E-state index is -0.251. The third kappa shape index (κ3) is 6.23. The van der Waals surface area contributed by atoms with Crippen LogP contribution in [0, 0.1) is 5.92 Å². The summed E-state index contributed by atoms with van der Waals surface area (Å²) in [5, 5.41) is 12.9. The molecule has 4 unspecified atom stereocenters. The first-order valence-electron chi connectivity index (χ1n) is 19.3. The van der Waals surface area contributed by atoms with E-state index in [1.54, 1.807) is 5.57 Å². The Balaban J connectivity index is 1.13. The van der Waals surface area contributed by atoms with Crippen molar-refractivity contribution in [1.29, 1.82) is 0 Å². The van der Waals surface area contributed by atoms with E-state index in [1.807, 2.05) is 18.5 Å². The van der Waals surface area contributed by atoms with Gasteiger partial charge in [-0.3, -0.25) is 10.3 Å². The van der Waals surface area contributed by atoms with E-state index >= 15 is 0 Å². The fraction of sp³-hybridized carbons (Fsp3) is 0.160. The van der Waals surface area contributed by atoms with Crippen LogP contribution in [-0.4, -0.2) is 10.8 Å². The topological polar surface area (TPSA) is 49.3 Å². The number of aromatic nitrogens is 1. The number of nitrogens with one attached hydrogen (secondary N) is 2. The number of hydrogen-bond acceptors (Lipinski definition) is 4. The monoisotopic (exact) mass is 698 g/mol. The standard InChI is InChI=1S/C50H42N4/c1-3-12-33(13-4-1)48-52-49(34-14-5-2-6-15-34)54-50(53-48)43-29-41(38-24-22-35-26-37(23-21-36(35)27-38)40-17-11-25-51-32-40)28-42(30-43)47-31-39-16-7-8-18-44(39)45-19-9-10-20-46(45)47/h1-8,11-18,21-32,46-48,50,53H,9-10,19-20H2,(H,52,54). The molecule has 3 aliphatic rings. The molecule has 1 saturated carbocycles. The van der Waals surface area contributed by atoms with Crippen LogP contribution in [0.3, 0.4) is 0 Å². The maximum absolute atomic E-state index is 5.40. The van der Waals surface area contributed by atoms with Crippen molar-refractivity contribution in [3.63, 3.8) is 0 Å². The van der Waals surface area contributed by atoms with Gasteiger partial charge < -0.3 is 5.32 Å². The van der Waals surface area contributed by atoms with Crippen LogP contribution in [0.2, 0.25) is 0 Å². The van der Waals surface area contributed by atoms with Crippen molar-refractivity contribution < 1.29 is 0 Å². The third-order valence-corrected chi connectivity index (χ3v) is 11.6. The zero-order valence-electron chi connectivity index (χ0n) is 30.2. The van der Waals surface area contributed by atoms with Crippen molar-refractivity contribution in [2.45, 2.75) is 43.9 Å². The molecule has 0 spiro atoms. The predicted octanol–water partition coefficient (Wildman–Crippen LogP) is 9.82. The average molecular weight is 699 g/mol. The van der Waals surface area contributed by atoms with Gasteiger partial charge in [-0.25, -0.2) is 4.99 Å². The van der Waals surface area contributed by atoms with E-state index in [2.05, 4.69) is 167 Å². The molecule has 10 rings (SSSR count). The van der Waals surface area contributed by atoms with E-state index in [1.165, 1.54) is 80.3 Å². The van der Waals surface area contributed by atoms with Gasteiger partial charge in [-0.15, -0.1) is 0 Å². The highest BCUT2D eigenvalue weighted by atomic mass is 15.3. The number of hydrogen-bond donors (Lipinski definition) is 2. The lowest BCUT2D eigenvalue weighted by molar-refractivity contribution is 0.408. The van der Waals surface area contributed by atoms with Crippen molar-refractivity contribution in [3.05, 3.63) is 197 Å². The molecule has 262 valence electrons.